The molecule has 2 unspecified atom stereocenters. The van der Waals surface area contributed by atoms with E-state index in [4.69, 9.17) is 10.5 Å². The van der Waals surface area contributed by atoms with E-state index < -0.39 is 0 Å². The summed E-state index contributed by atoms with van der Waals surface area (Å²) in [5.41, 5.74) is 6.54. The van der Waals surface area contributed by atoms with Crippen LogP contribution in [0.25, 0.3) is 0 Å². The van der Waals surface area contributed by atoms with Gasteiger partial charge in [-0.05, 0) is 31.9 Å². The van der Waals surface area contributed by atoms with Gasteiger partial charge in [0.05, 0.1) is 12.8 Å². The number of rotatable bonds is 7. The van der Waals surface area contributed by atoms with Gasteiger partial charge in [-0.2, -0.15) is 0 Å². The van der Waals surface area contributed by atoms with Crippen molar-refractivity contribution in [2.24, 2.45) is 11.7 Å². The van der Waals surface area contributed by atoms with E-state index in [1.54, 1.807) is 19.1 Å². The predicted octanol–water partition coefficient (Wildman–Crippen LogP) is 2.81. The molecule has 2 N–H and O–H groups in total. The zero-order valence-corrected chi connectivity index (χ0v) is 12.9. The Morgan fingerprint density at radius 2 is 1.95 bits per heavy atom. The Morgan fingerprint density at radius 1 is 1.30 bits per heavy atom. The monoisotopic (exact) mass is 278 g/mol. The summed E-state index contributed by atoms with van der Waals surface area (Å²) in [6, 6.07) is 7.75. The van der Waals surface area contributed by atoms with Crippen molar-refractivity contribution in [2.45, 2.75) is 39.2 Å². The van der Waals surface area contributed by atoms with E-state index >= 15 is 0 Å². The lowest BCUT2D eigenvalue weighted by Crippen LogP contribution is -2.32. The van der Waals surface area contributed by atoms with E-state index in [2.05, 4.69) is 0 Å². The van der Waals surface area contributed by atoms with Gasteiger partial charge in [0.1, 0.15) is 5.75 Å². The van der Waals surface area contributed by atoms with Crippen LogP contribution in [-0.2, 0) is 4.79 Å². The molecule has 4 heteroatoms. The molecule has 0 aliphatic carbocycles. The van der Waals surface area contributed by atoms with Crippen molar-refractivity contribution in [1.82, 2.24) is 0 Å². The maximum atomic E-state index is 12.4. The molecule has 1 aromatic carbocycles. The average Bonchev–Trinajstić information content (AvgIpc) is 2.45. The number of nitrogens with zero attached hydrogens (tertiary/aromatic N) is 1. The normalized spacial score (nSPS) is 13.7. The largest absolute Gasteiger partial charge is 0.495 e. The third-order valence-corrected chi connectivity index (χ3v) is 3.50. The van der Waals surface area contributed by atoms with Gasteiger partial charge in [0.15, 0.2) is 0 Å². The first-order valence-corrected chi connectivity index (χ1v) is 7.13. The minimum absolute atomic E-state index is 0.0105. The fourth-order valence-electron chi connectivity index (χ4n) is 2.23. The van der Waals surface area contributed by atoms with Crippen LogP contribution in [0.1, 0.15) is 33.1 Å². The predicted molar refractivity (Wildman–Crippen MR) is 83.1 cm³/mol. The molecule has 4 nitrogen and oxygen atoms in total. The highest BCUT2D eigenvalue weighted by molar-refractivity contribution is 5.95. The highest BCUT2D eigenvalue weighted by atomic mass is 16.5. The summed E-state index contributed by atoms with van der Waals surface area (Å²) in [4.78, 5) is 14.1. The first-order chi connectivity index (χ1) is 9.47. The molecule has 20 heavy (non-hydrogen) atoms. The topological polar surface area (TPSA) is 55.6 Å². The lowest BCUT2D eigenvalue weighted by molar-refractivity contribution is -0.121. The second-order valence-electron chi connectivity index (χ2n) is 5.38. The maximum Gasteiger partial charge on any atom is 0.229 e. The van der Waals surface area contributed by atoms with Crippen LogP contribution in [0, 0.1) is 5.92 Å². The molecule has 2 atom stereocenters. The van der Waals surface area contributed by atoms with Crippen molar-refractivity contribution in [3.8, 4) is 5.75 Å². The van der Waals surface area contributed by atoms with Crippen molar-refractivity contribution in [2.75, 3.05) is 19.1 Å². The molecule has 0 saturated heterocycles. The van der Waals surface area contributed by atoms with Gasteiger partial charge in [-0.1, -0.05) is 25.5 Å². The minimum atomic E-state index is -0.0105. The Kier molecular flexibility index (Phi) is 6.52. The zero-order chi connectivity index (χ0) is 15.1. The molecule has 1 rings (SSSR count). The van der Waals surface area contributed by atoms with Crippen molar-refractivity contribution >= 4 is 11.6 Å². The number of benzene rings is 1. The lowest BCUT2D eigenvalue weighted by Gasteiger charge is -2.23. The van der Waals surface area contributed by atoms with Gasteiger partial charge in [0.25, 0.3) is 0 Å². The molecule has 0 aliphatic heterocycles. The van der Waals surface area contributed by atoms with Gasteiger partial charge in [-0.25, -0.2) is 0 Å². The molecule has 0 aromatic heterocycles. The molecule has 0 saturated carbocycles. The Bertz CT molecular complexity index is 432. The summed E-state index contributed by atoms with van der Waals surface area (Å²) < 4.78 is 5.30. The molecule has 0 aliphatic rings. The maximum absolute atomic E-state index is 12.4. The molecular weight excluding hydrogens is 252 g/mol. The van der Waals surface area contributed by atoms with Gasteiger partial charge in [0.2, 0.25) is 5.91 Å². The highest BCUT2D eigenvalue weighted by Crippen LogP contribution is 2.28. The van der Waals surface area contributed by atoms with Crippen LogP contribution in [0.2, 0.25) is 0 Å². The van der Waals surface area contributed by atoms with E-state index in [9.17, 15) is 4.79 Å². The van der Waals surface area contributed by atoms with E-state index in [1.807, 2.05) is 38.1 Å². The standard InChI is InChI=1S/C16H26N2O2/c1-12(8-7-9-13(2)17)16(19)18(3)14-10-5-6-11-15(14)20-4/h5-6,10-13H,7-9,17H2,1-4H3. The van der Waals surface area contributed by atoms with E-state index in [-0.39, 0.29) is 17.9 Å². The molecular formula is C16H26N2O2. The Labute approximate surface area is 121 Å². The van der Waals surface area contributed by atoms with Crippen molar-refractivity contribution in [3.63, 3.8) is 0 Å². The first kappa shape index (κ1) is 16.5. The number of hydrogen-bond donors (Lipinski definition) is 1. The molecule has 0 spiro atoms. The summed E-state index contributed by atoms with van der Waals surface area (Å²) >= 11 is 0. The van der Waals surface area contributed by atoms with Crippen molar-refractivity contribution < 1.29 is 9.53 Å². The Morgan fingerprint density at radius 3 is 2.55 bits per heavy atom. The van der Waals surface area contributed by atoms with Crippen LogP contribution >= 0.6 is 0 Å². The summed E-state index contributed by atoms with van der Waals surface area (Å²) in [5, 5.41) is 0. The second kappa shape index (κ2) is 7.90. The lowest BCUT2D eigenvalue weighted by atomic mass is 10.0. The summed E-state index contributed by atoms with van der Waals surface area (Å²) in [6.07, 6.45) is 2.79. The number of carbonyl (C=O) groups excluding carboxylic acids is 1. The number of nitrogens with two attached hydrogens (primary N) is 1. The molecule has 1 amide bonds. The average molecular weight is 278 g/mol. The van der Waals surface area contributed by atoms with Crippen LogP contribution in [0.4, 0.5) is 5.69 Å². The van der Waals surface area contributed by atoms with Crippen molar-refractivity contribution in [1.29, 1.82) is 0 Å². The number of para-hydroxylation sites is 2. The molecule has 0 heterocycles. The van der Waals surface area contributed by atoms with Gasteiger partial charge >= 0.3 is 0 Å². The van der Waals surface area contributed by atoms with Crippen LogP contribution in [0.3, 0.4) is 0 Å². The Hall–Kier alpha value is -1.55. The van der Waals surface area contributed by atoms with Crippen LogP contribution in [0.5, 0.6) is 5.75 Å². The van der Waals surface area contributed by atoms with Crippen LogP contribution in [0.15, 0.2) is 24.3 Å². The molecule has 0 fully saturated rings. The number of amides is 1. The SMILES string of the molecule is COc1ccccc1N(C)C(=O)C(C)CCCC(C)N. The second-order valence-corrected chi connectivity index (χ2v) is 5.38. The van der Waals surface area contributed by atoms with Gasteiger partial charge in [-0.15, -0.1) is 0 Å². The number of carbonyl (C=O) groups is 1. The smallest absolute Gasteiger partial charge is 0.229 e. The Balaban J connectivity index is 2.66. The number of methoxy groups -OCH3 is 1. The third kappa shape index (κ3) is 4.53. The van der Waals surface area contributed by atoms with Crippen LogP contribution < -0.4 is 15.4 Å². The van der Waals surface area contributed by atoms with Gasteiger partial charge in [-0.3, -0.25) is 4.79 Å². The van der Waals surface area contributed by atoms with Gasteiger partial charge in [0, 0.05) is 19.0 Å². The molecule has 112 valence electrons. The van der Waals surface area contributed by atoms with E-state index in [0.29, 0.717) is 5.75 Å². The molecule has 1 aromatic rings. The molecule has 0 bridgehead atoms. The van der Waals surface area contributed by atoms with Crippen molar-refractivity contribution in [3.05, 3.63) is 24.3 Å². The number of ether oxygens (including phenoxy) is 1. The summed E-state index contributed by atoms with van der Waals surface area (Å²) in [5.74, 6) is 0.814. The minimum Gasteiger partial charge on any atom is -0.495 e. The summed E-state index contributed by atoms with van der Waals surface area (Å²) in [7, 11) is 3.41. The fraction of sp³-hybridized carbons (Fsp3) is 0.562. The quantitative estimate of drug-likeness (QED) is 0.834. The zero-order valence-electron chi connectivity index (χ0n) is 12.9. The third-order valence-electron chi connectivity index (χ3n) is 3.50. The van der Waals surface area contributed by atoms with E-state index in [0.717, 1.165) is 24.9 Å². The summed E-state index contributed by atoms with van der Waals surface area (Å²) in [6.45, 7) is 3.96. The number of hydrogen-bond acceptors (Lipinski definition) is 3. The van der Waals surface area contributed by atoms with Gasteiger partial charge < -0.3 is 15.4 Å². The molecule has 0 radical (unpaired) electrons. The fourth-order valence-corrected chi connectivity index (χ4v) is 2.23. The van der Waals surface area contributed by atoms with E-state index in [1.165, 1.54) is 0 Å². The first-order valence-electron chi connectivity index (χ1n) is 7.13. The van der Waals surface area contributed by atoms with Crippen LogP contribution in [-0.4, -0.2) is 26.1 Å². The highest BCUT2D eigenvalue weighted by Gasteiger charge is 2.20. The number of anilines is 1.